The van der Waals surface area contributed by atoms with Crippen molar-refractivity contribution in [2.24, 2.45) is 0 Å². The molecule has 0 fully saturated rings. The van der Waals surface area contributed by atoms with Crippen LogP contribution in [-0.2, 0) is 20.8 Å². The Morgan fingerprint density at radius 1 is 1.03 bits per heavy atom. The lowest BCUT2D eigenvalue weighted by Gasteiger charge is -2.21. The largest absolute Gasteiger partial charge is 0.349 e. The van der Waals surface area contributed by atoms with Crippen LogP contribution in [0.2, 0.25) is 0 Å². The van der Waals surface area contributed by atoms with Crippen molar-refractivity contribution in [3.63, 3.8) is 0 Å². The fourth-order valence-corrected chi connectivity index (χ4v) is 4.65. The molecule has 3 aromatic rings. The van der Waals surface area contributed by atoms with Crippen molar-refractivity contribution in [3.05, 3.63) is 82.8 Å². The van der Waals surface area contributed by atoms with Gasteiger partial charge in [0, 0.05) is 29.7 Å². The third-order valence-corrected chi connectivity index (χ3v) is 6.50. The molecule has 2 atom stereocenters. The van der Waals surface area contributed by atoms with E-state index in [-0.39, 0.29) is 24.7 Å². The summed E-state index contributed by atoms with van der Waals surface area (Å²) < 4.78 is 0.982. The van der Waals surface area contributed by atoms with Crippen LogP contribution in [0.25, 0.3) is 10.1 Å². The lowest BCUT2D eigenvalue weighted by atomic mass is 10.0. The van der Waals surface area contributed by atoms with Gasteiger partial charge < -0.3 is 20.7 Å². The van der Waals surface area contributed by atoms with Crippen LogP contribution in [0.15, 0.2) is 72.3 Å². The number of amides is 3. The minimum Gasteiger partial charge on any atom is -0.349 e. The fourth-order valence-electron chi connectivity index (χ4n) is 3.68. The molecule has 1 aliphatic rings. The topological polar surface area (TPSA) is 104 Å². The van der Waals surface area contributed by atoms with E-state index in [2.05, 4.69) is 16.0 Å². The standard InChI is InChI=1S/C25H23N3O4S/c29-15-19(13-18-10-11-26-23(18)30)27-24(31)20(12-16-6-2-1-3-7-16)28-25(32)22-14-17-8-4-5-9-21(17)33-22/h1-10,14-15,19-20H,11-13H2,(H,26,30)(H,27,31)(H,28,32)/t19-,20-/m0/s1. The lowest BCUT2D eigenvalue weighted by molar-refractivity contribution is -0.125. The first kappa shape index (κ1) is 22.4. The molecule has 2 aromatic carbocycles. The number of carbonyl (C=O) groups excluding carboxylic acids is 4. The molecule has 33 heavy (non-hydrogen) atoms. The van der Waals surface area contributed by atoms with Gasteiger partial charge in [-0.2, -0.15) is 0 Å². The van der Waals surface area contributed by atoms with Gasteiger partial charge in [-0.1, -0.05) is 54.6 Å². The second-order valence-electron chi connectivity index (χ2n) is 7.76. The Balaban J connectivity index is 1.50. The first-order valence-electron chi connectivity index (χ1n) is 10.6. The summed E-state index contributed by atoms with van der Waals surface area (Å²) in [5.74, 6) is -1.08. The molecule has 8 heteroatoms. The van der Waals surface area contributed by atoms with Crippen LogP contribution in [0.3, 0.4) is 0 Å². The van der Waals surface area contributed by atoms with Crippen LogP contribution in [-0.4, -0.2) is 42.6 Å². The quantitative estimate of drug-likeness (QED) is 0.426. The van der Waals surface area contributed by atoms with E-state index in [1.54, 1.807) is 12.1 Å². The minimum atomic E-state index is -0.890. The highest BCUT2D eigenvalue weighted by Gasteiger charge is 2.26. The number of hydrogen-bond acceptors (Lipinski definition) is 5. The second kappa shape index (κ2) is 10.2. The molecule has 0 radical (unpaired) electrons. The molecular weight excluding hydrogens is 438 g/mol. The average molecular weight is 462 g/mol. The summed E-state index contributed by atoms with van der Waals surface area (Å²) in [6.07, 6.45) is 2.68. The van der Waals surface area contributed by atoms with Gasteiger partial charge in [0.1, 0.15) is 12.3 Å². The zero-order valence-electron chi connectivity index (χ0n) is 17.7. The van der Waals surface area contributed by atoms with Crippen LogP contribution in [0, 0.1) is 0 Å². The highest BCUT2D eigenvalue weighted by Crippen LogP contribution is 2.25. The van der Waals surface area contributed by atoms with Crippen molar-refractivity contribution < 1.29 is 19.2 Å². The summed E-state index contributed by atoms with van der Waals surface area (Å²) in [5, 5.41) is 9.11. The van der Waals surface area contributed by atoms with Gasteiger partial charge in [0.2, 0.25) is 11.8 Å². The highest BCUT2D eigenvalue weighted by molar-refractivity contribution is 7.20. The van der Waals surface area contributed by atoms with E-state index in [4.69, 9.17) is 0 Å². The molecule has 2 heterocycles. The Hall–Kier alpha value is -3.78. The van der Waals surface area contributed by atoms with Gasteiger partial charge in [-0.15, -0.1) is 11.3 Å². The molecule has 7 nitrogen and oxygen atoms in total. The van der Waals surface area contributed by atoms with Crippen LogP contribution in [0.1, 0.15) is 21.7 Å². The van der Waals surface area contributed by atoms with Gasteiger partial charge in [-0.25, -0.2) is 0 Å². The van der Waals surface area contributed by atoms with E-state index in [0.29, 0.717) is 23.3 Å². The molecule has 0 unspecified atom stereocenters. The number of aldehydes is 1. The minimum absolute atomic E-state index is 0.101. The number of carbonyl (C=O) groups is 4. The van der Waals surface area contributed by atoms with E-state index < -0.39 is 18.0 Å². The summed E-state index contributed by atoms with van der Waals surface area (Å²) in [4.78, 5) is 50.0. The number of hydrogen-bond donors (Lipinski definition) is 3. The smallest absolute Gasteiger partial charge is 0.262 e. The van der Waals surface area contributed by atoms with Gasteiger partial charge in [-0.3, -0.25) is 14.4 Å². The van der Waals surface area contributed by atoms with E-state index in [1.807, 2.05) is 54.6 Å². The number of benzene rings is 2. The third kappa shape index (κ3) is 5.53. The maximum atomic E-state index is 13.1. The van der Waals surface area contributed by atoms with Crippen LogP contribution >= 0.6 is 11.3 Å². The molecule has 3 N–H and O–H groups in total. The van der Waals surface area contributed by atoms with Crippen molar-refractivity contribution in [2.45, 2.75) is 24.9 Å². The first-order valence-corrected chi connectivity index (χ1v) is 11.4. The summed E-state index contributed by atoms with van der Waals surface area (Å²) >= 11 is 1.35. The Labute approximate surface area is 194 Å². The molecule has 0 saturated heterocycles. The Kier molecular flexibility index (Phi) is 6.95. The molecule has 3 amide bonds. The van der Waals surface area contributed by atoms with Crippen molar-refractivity contribution in [1.82, 2.24) is 16.0 Å². The van der Waals surface area contributed by atoms with Gasteiger partial charge in [-0.05, 0) is 23.1 Å². The maximum absolute atomic E-state index is 13.1. The summed E-state index contributed by atoms with van der Waals surface area (Å²) in [6, 6.07) is 17.1. The summed E-state index contributed by atoms with van der Waals surface area (Å²) in [7, 11) is 0. The van der Waals surface area contributed by atoms with Crippen molar-refractivity contribution in [1.29, 1.82) is 0 Å². The van der Waals surface area contributed by atoms with Gasteiger partial charge in [0.05, 0.1) is 10.9 Å². The van der Waals surface area contributed by atoms with E-state index >= 15 is 0 Å². The molecule has 4 rings (SSSR count). The third-order valence-electron chi connectivity index (χ3n) is 5.39. The number of nitrogens with one attached hydrogen (secondary N) is 3. The lowest BCUT2D eigenvalue weighted by Crippen LogP contribution is -2.51. The van der Waals surface area contributed by atoms with Gasteiger partial charge in [0.15, 0.2) is 0 Å². The molecule has 0 bridgehead atoms. The van der Waals surface area contributed by atoms with E-state index in [0.717, 1.165) is 15.6 Å². The van der Waals surface area contributed by atoms with Crippen molar-refractivity contribution in [2.75, 3.05) is 6.54 Å². The summed E-state index contributed by atoms with van der Waals surface area (Å²) in [5.41, 5.74) is 1.33. The van der Waals surface area contributed by atoms with Crippen LogP contribution < -0.4 is 16.0 Å². The van der Waals surface area contributed by atoms with E-state index in [1.165, 1.54) is 11.3 Å². The number of thiophene rings is 1. The molecule has 1 aliphatic heterocycles. The predicted octanol–water partition coefficient (Wildman–Crippen LogP) is 2.37. The van der Waals surface area contributed by atoms with Crippen molar-refractivity contribution in [3.8, 4) is 0 Å². The maximum Gasteiger partial charge on any atom is 0.262 e. The molecular formula is C25H23N3O4S. The zero-order chi connectivity index (χ0) is 23.2. The number of fused-ring (bicyclic) bond motifs is 1. The number of rotatable bonds is 9. The monoisotopic (exact) mass is 461 g/mol. The second-order valence-corrected chi connectivity index (χ2v) is 8.84. The molecule has 168 valence electrons. The highest BCUT2D eigenvalue weighted by atomic mass is 32.1. The Morgan fingerprint density at radius 3 is 2.48 bits per heavy atom. The van der Waals surface area contributed by atoms with E-state index in [9.17, 15) is 19.2 Å². The van der Waals surface area contributed by atoms with Crippen molar-refractivity contribution >= 4 is 45.4 Å². The predicted molar refractivity (Wildman–Crippen MR) is 127 cm³/mol. The normalized spacial score (nSPS) is 14.8. The van der Waals surface area contributed by atoms with Crippen LogP contribution in [0.4, 0.5) is 0 Å². The van der Waals surface area contributed by atoms with Gasteiger partial charge >= 0.3 is 0 Å². The fraction of sp³-hybridized carbons (Fsp3) is 0.200. The first-order chi connectivity index (χ1) is 16.0. The van der Waals surface area contributed by atoms with Crippen LogP contribution in [0.5, 0.6) is 0 Å². The molecule has 1 aromatic heterocycles. The molecule has 0 saturated carbocycles. The molecule has 0 spiro atoms. The van der Waals surface area contributed by atoms with Gasteiger partial charge in [0.25, 0.3) is 5.91 Å². The summed E-state index contributed by atoms with van der Waals surface area (Å²) in [6.45, 7) is 0.412. The average Bonchev–Trinajstić information content (AvgIpc) is 3.44. The molecule has 0 aliphatic carbocycles. The Bertz CT molecular complexity index is 1190. The SMILES string of the molecule is O=C[C@H](CC1=CCNC1=O)NC(=O)[C@H](Cc1ccccc1)NC(=O)c1cc2ccccc2s1. The zero-order valence-corrected chi connectivity index (χ0v) is 18.6. The Morgan fingerprint density at radius 2 is 1.79 bits per heavy atom.